The normalized spacial score (nSPS) is 11.3. The SMILES string of the molecule is CCn1cc(C(=O)NCCc2c[nH]c3ccc(F)cc23)c(=O)c2ccc(C)nc21. The van der Waals surface area contributed by atoms with Gasteiger partial charge in [0.1, 0.15) is 17.0 Å². The smallest absolute Gasteiger partial charge is 0.256 e. The molecule has 148 valence electrons. The average molecular weight is 392 g/mol. The number of halogens is 1. The van der Waals surface area contributed by atoms with Gasteiger partial charge in [-0.1, -0.05) is 0 Å². The Labute approximate surface area is 166 Å². The number of pyridine rings is 2. The van der Waals surface area contributed by atoms with E-state index in [4.69, 9.17) is 0 Å². The lowest BCUT2D eigenvalue weighted by Gasteiger charge is -2.11. The Balaban J connectivity index is 1.56. The molecule has 0 saturated heterocycles. The molecule has 0 unspecified atom stereocenters. The highest BCUT2D eigenvalue weighted by Gasteiger charge is 2.16. The lowest BCUT2D eigenvalue weighted by molar-refractivity contribution is 0.0952. The van der Waals surface area contributed by atoms with Gasteiger partial charge in [0.2, 0.25) is 5.43 Å². The summed E-state index contributed by atoms with van der Waals surface area (Å²) in [5.41, 5.74) is 2.90. The summed E-state index contributed by atoms with van der Waals surface area (Å²) in [4.78, 5) is 33.0. The molecule has 4 rings (SSSR count). The fourth-order valence-electron chi connectivity index (χ4n) is 3.53. The lowest BCUT2D eigenvalue weighted by atomic mass is 10.1. The topological polar surface area (TPSA) is 79.8 Å². The predicted molar refractivity (Wildman–Crippen MR) is 111 cm³/mol. The summed E-state index contributed by atoms with van der Waals surface area (Å²) in [5, 5.41) is 4.02. The molecule has 0 saturated carbocycles. The van der Waals surface area contributed by atoms with Crippen LogP contribution in [0.5, 0.6) is 0 Å². The number of aryl methyl sites for hydroxylation is 2. The van der Waals surface area contributed by atoms with E-state index in [0.29, 0.717) is 30.5 Å². The number of hydrogen-bond acceptors (Lipinski definition) is 3. The largest absolute Gasteiger partial charge is 0.361 e. The number of fused-ring (bicyclic) bond motifs is 2. The first-order valence-electron chi connectivity index (χ1n) is 9.52. The number of nitrogens with one attached hydrogen (secondary N) is 2. The number of amides is 1. The molecule has 6 nitrogen and oxygen atoms in total. The number of aromatic nitrogens is 3. The molecular formula is C22H21FN4O2. The molecular weight excluding hydrogens is 371 g/mol. The second kappa shape index (κ2) is 7.50. The Morgan fingerprint density at radius 2 is 2.07 bits per heavy atom. The standard InChI is InChI=1S/C22H21FN4O2/c1-3-27-12-18(20(28)16-6-4-13(2)26-21(16)27)22(29)24-9-8-14-11-25-19-7-5-15(23)10-17(14)19/h4-7,10-12,25H,3,8-9H2,1-2H3,(H,24,29). The van der Waals surface area contributed by atoms with Crippen molar-refractivity contribution < 1.29 is 9.18 Å². The summed E-state index contributed by atoms with van der Waals surface area (Å²) in [6, 6.07) is 8.04. The maximum atomic E-state index is 13.5. The first-order chi connectivity index (χ1) is 14.0. The van der Waals surface area contributed by atoms with Gasteiger partial charge in [0, 0.05) is 42.1 Å². The zero-order valence-electron chi connectivity index (χ0n) is 16.3. The molecule has 2 N–H and O–H groups in total. The second-order valence-corrected chi connectivity index (χ2v) is 6.99. The molecule has 0 fully saturated rings. The third-order valence-corrected chi connectivity index (χ3v) is 5.06. The third kappa shape index (κ3) is 3.51. The summed E-state index contributed by atoms with van der Waals surface area (Å²) in [7, 11) is 0. The van der Waals surface area contributed by atoms with Crippen LogP contribution in [0.2, 0.25) is 0 Å². The van der Waals surface area contributed by atoms with Gasteiger partial charge in [0.15, 0.2) is 0 Å². The Morgan fingerprint density at radius 3 is 2.86 bits per heavy atom. The summed E-state index contributed by atoms with van der Waals surface area (Å²) >= 11 is 0. The predicted octanol–water partition coefficient (Wildman–Crippen LogP) is 3.32. The fourth-order valence-corrected chi connectivity index (χ4v) is 3.53. The van der Waals surface area contributed by atoms with Crippen LogP contribution in [0.3, 0.4) is 0 Å². The fraction of sp³-hybridized carbons (Fsp3) is 0.227. The van der Waals surface area contributed by atoms with E-state index in [1.54, 1.807) is 29.0 Å². The Bertz CT molecular complexity index is 1290. The van der Waals surface area contributed by atoms with Crippen LogP contribution in [0.25, 0.3) is 21.9 Å². The molecule has 0 bridgehead atoms. The highest BCUT2D eigenvalue weighted by atomic mass is 19.1. The monoisotopic (exact) mass is 392 g/mol. The quantitative estimate of drug-likeness (QED) is 0.547. The van der Waals surface area contributed by atoms with Gasteiger partial charge in [0.25, 0.3) is 5.91 Å². The van der Waals surface area contributed by atoms with Crippen LogP contribution in [-0.4, -0.2) is 27.0 Å². The van der Waals surface area contributed by atoms with Crippen molar-refractivity contribution in [3.63, 3.8) is 0 Å². The van der Waals surface area contributed by atoms with E-state index in [1.165, 1.54) is 12.1 Å². The Kier molecular flexibility index (Phi) is 4.88. The minimum Gasteiger partial charge on any atom is -0.361 e. The van der Waals surface area contributed by atoms with Crippen molar-refractivity contribution in [1.29, 1.82) is 0 Å². The molecule has 1 aromatic carbocycles. The number of nitrogens with zero attached hydrogens (tertiary/aromatic N) is 2. The van der Waals surface area contributed by atoms with E-state index < -0.39 is 5.91 Å². The van der Waals surface area contributed by atoms with E-state index in [9.17, 15) is 14.0 Å². The number of H-pyrrole nitrogens is 1. The van der Waals surface area contributed by atoms with Crippen molar-refractivity contribution in [2.45, 2.75) is 26.8 Å². The van der Waals surface area contributed by atoms with Gasteiger partial charge in [-0.15, -0.1) is 0 Å². The second-order valence-electron chi connectivity index (χ2n) is 6.99. The van der Waals surface area contributed by atoms with E-state index in [0.717, 1.165) is 22.2 Å². The van der Waals surface area contributed by atoms with Crippen molar-refractivity contribution in [2.24, 2.45) is 0 Å². The first-order valence-corrected chi connectivity index (χ1v) is 9.52. The van der Waals surface area contributed by atoms with Crippen LogP contribution in [-0.2, 0) is 13.0 Å². The van der Waals surface area contributed by atoms with Crippen LogP contribution in [0.15, 0.2) is 47.5 Å². The van der Waals surface area contributed by atoms with Gasteiger partial charge in [-0.25, -0.2) is 9.37 Å². The first kappa shape index (κ1) is 18.9. The summed E-state index contributed by atoms with van der Waals surface area (Å²) < 4.78 is 15.3. The highest BCUT2D eigenvalue weighted by Crippen LogP contribution is 2.19. The summed E-state index contributed by atoms with van der Waals surface area (Å²) in [6.45, 7) is 4.72. The summed E-state index contributed by atoms with van der Waals surface area (Å²) in [6.07, 6.45) is 3.89. The number of rotatable bonds is 5. The number of aromatic amines is 1. The molecule has 0 aliphatic carbocycles. The van der Waals surface area contributed by atoms with Crippen LogP contribution in [0, 0.1) is 12.7 Å². The lowest BCUT2D eigenvalue weighted by Crippen LogP contribution is -2.31. The Hall–Kier alpha value is -3.48. The van der Waals surface area contributed by atoms with Crippen molar-refractivity contribution in [3.8, 4) is 0 Å². The zero-order valence-corrected chi connectivity index (χ0v) is 16.3. The molecule has 1 amide bonds. The van der Waals surface area contributed by atoms with Crippen molar-refractivity contribution >= 4 is 27.8 Å². The van der Waals surface area contributed by atoms with Gasteiger partial charge in [-0.05, 0) is 56.2 Å². The van der Waals surface area contributed by atoms with Gasteiger partial charge < -0.3 is 14.9 Å². The molecule has 3 aromatic heterocycles. The van der Waals surface area contributed by atoms with E-state index in [-0.39, 0.29) is 16.8 Å². The molecule has 0 spiro atoms. The molecule has 4 aromatic rings. The highest BCUT2D eigenvalue weighted by molar-refractivity contribution is 5.96. The molecule has 3 heterocycles. The maximum Gasteiger partial charge on any atom is 0.256 e. The van der Waals surface area contributed by atoms with Gasteiger partial charge in [-0.2, -0.15) is 0 Å². The molecule has 29 heavy (non-hydrogen) atoms. The molecule has 0 aliphatic rings. The van der Waals surface area contributed by atoms with Crippen molar-refractivity contribution in [1.82, 2.24) is 19.9 Å². The molecule has 0 radical (unpaired) electrons. The van der Waals surface area contributed by atoms with Crippen molar-refractivity contribution in [3.05, 3.63) is 75.6 Å². The van der Waals surface area contributed by atoms with E-state index in [2.05, 4.69) is 15.3 Å². The number of benzene rings is 1. The number of carbonyl (C=O) groups excluding carboxylic acids is 1. The molecule has 7 heteroatoms. The van der Waals surface area contributed by atoms with Crippen LogP contribution in [0.4, 0.5) is 4.39 Å². The number of carbonyl (C=O) groups is 1. The average Bonchev–Trinajstić information content (AvgIpc) is 3.10. The van der Waals surface area contributed by atoms with Crippen LogP contribution >= 0.6 is 0 Å². The molecule has 0 aliphatic heterocycles. The maximum absolute atomic E-state index is 13.5. The van der Waals surface area contributed by atoms with E-state index in [1.807, 2.05) is 20.0 Å². The van der Waals surface area contributed by atoms with Crippen molar-refractivity contribution in [2.75, 3.05) is 6.54 Å². The Morgan fingerprint density at radius 1 is 1.24 bits per heavy atom. The van der Waals surface area contributed by atoms with Gasteiger partial charge in [-0.3, -0.25) is 9.59 Å². The van der Waals surface area contributed by atoms with E-state index >= 15 is 0 Å². The minimum atomic E-state index is -0.425. The van der Waals surface area contributed by atoms with Crippen LogP contribution < -0.4 is 10.7 Å². The summed E-state index contributed by atoms with van der Waals surface area (Å²) in [5.74, 6) is -0.729. The number of hydrogen-bond donors (Lipinski definition) is 2. The third-order valence-electron chi connectivity index (χ3n) is 5.06. The minimum absolute atomic E-state index is 0.0926. The zero-order chi connectivity index (χ0) is 20.5. The van der Waals surface area contributed by atoms with Gasteiger partial charge >= 0.3 is 0 Å². The van der Waals surface area contributed by atoms with Gasteiger partial charge in [0.05, 0.1) is 5.39 Å². The molecule has 0 atom stereocenters. The van der Waals surface area contributed by atoms with Crippen LogP contribution in [0.1, 0.15) is 28.5 Å².